The number of hydrogen-bond donors (Lipinski definition) is 0. The number of halogens is 1. The summed E-state index contributed by atoms with van der Waals surface area (Å²) < 4.78 is 1.05. The zero-order valence-electron chi connectivity index (χ0n) is 10.8. The van der Waals surface area contributed by atoms with Gasteiger partial charge in [-0.1, -0.05) is 35.2 Å². The van der Waals surface area contributed by atoms with E-state index in [9.17, 15) is 5.26 Å². The molecule has 0 saturated heterocycles. The molecule has 0 radical (unpaired) electrons. The summed E-state index contributed by atoms with van der Waals surface area (Å²) in [5.74, 6) is 0. The van der Waals surface area contributed by atoms with Gasteiger partial charge < -0.3 is 4.90 Å². The molecule has 3 heteroatoms. The number of hydrogen-bond acceptors (Lipinski definition) is 2. The van der Waals surface area contributed by atoms with Crippen LogP contribution in [0.5, 0.6) is 0 Å². The van der Waals surface area contributed by atoms with Crippen molar-refractivity contribution in [2.24, 2.45) is 0 Å². The average Bonchev–Trinajstić information content (AvgIpc) is 2.41. The molecule has 18 heavy (non-hydrogen) atoms. The van der Waals surface area contributed by atoms with Crippen molar-refractivity contribution >= 4 is 21.6 Å². The first-order chi connectivity index (χ1) is 8.76. The predicted octanol–water partition coefficient (Wildman–Crippen LogP) is 4.48. The summed E-state index contributed by atoms with van der Waals surface area (Å²) in [6.45, 7) is 3.15. The smallest absolute Gasteiger partial charge is 0.101 e. The highest BCUT2D eigenvalue weighted by molar-refractivity contribution is 9.10. The Morgan fingerprint density at radius 1 is 1.33 bits per heavy atom. The molecule has 1 aromatic rings. The van der Waals surface area contributed by atoms with Crippen LogP contribution in [0.3, 0.4) is 0 Å². The van der Waals surface area contributed by atoms with Gasteiger partial charge in [0.2, 0.25) is 0 Å². The SMILES string of the molecule is CCN(c1cc(Br)ccc1C#N)C1CCCCC1. The normalized spacial score (nSPS) is 16.3. The average molecular weight is 307 g/mol. The van der Waals surface area contributed by atoms with E-state index >= 15 is 0 Å². The second kappa shape index (κ2) is 6.24. The highest BCUT2D eigenvalue weighted by atomic mass is 79.9. The molecule has 2 nitrogen and oxygen atoms in total. The van der Waals surface area contributed by atoms with Crippen molar-refractivity contribution in [1.82, 2.24) is 0 Å². The van der Waals surface area contributed by atoms with Gasteiger partial charge in [-0.25, -0.2) is 0 Å². The van der Waals surface area contributed by atoms with Gasteiger partial charge in [0.15, 0.2) is 0 Å². The highest BCUT2D eigenvalue weighted by Crippen LogP contribution is 2.31. The third-order valence-corrected chi connectivity index (χ3v) is 4.24. The van der Waals surface area contributed by atoms with Crippen molar-refractivity contribution < 1.29 is 0 Å². The Morgan fingerprint density at radius 2 is 2.06 bits per heavy atom. The Hall–Kier alpha value is -1.01. The molecular weight excluding hydrogens is 288 g/mol. The minimum Gasteiger partial charge on any atom is -0.368 e. The van der Waals surface area contributed by atoms with Crippen LogP contribution in [0.15, 0.2) is 22.7 Å². The maximum atomic E-state index is 9.26. The van der Waals surface area contributed by atoms with Gasteiger partial charge in [0, 0.05) is 17.1 Å². The summed E-state index contributed by atoms with van der Waals surface area (Å²) in [6, 6.07) is 8.85. The molecule has 1 fully saturated rings. The Bertz CT molecular complexity index is 444. The van der Waals surface area contributed by atoms with Crippen molar-refractivity contribution in [2.45, 2.75) is 45.1 Å². The summed E-state index contributed by atoms with van der Waals surface area (Å²) >= 11 is 3.51. The van der Waals surface area contributed by atoms with E-state index < -0.39 is 0 Å². The van der Waals surface area contributed by atoms with Crippen molar-refractivity contribution in [3.63, 3.8) is 0 Å². The lowest BCUT2D eigenvalue weighted by Gasteiger charge is -2.36. The number of rotatable bonds is 3. The monoisotopic (exact) mass is 306 g/mol. The van der Waals surface area contributed by atoms with Crippen LogP contribution in [0.2, 0.25) is 0 Å². The Kier molecular flexibility index (Phi) is 4.66. The lowest BCUT2D eigenvalue weighted by Crippen LogP contribution is -2.37. The van der Waals surface area contributed by atoms with Crippen molar-refractivity contribution in [3.8, 4) is 6.07 Å². The fourth-order valence-electron chi connectivity index (χ4n) is 2.85. The first-order valence-electron chi connectivity index (χ1n) is 6.72. The Labute approximate surface area is 118 Å². The second-order valence-electron chi connectivity index (χ2n) is 4.85. The molecule has 0 unspecified atom stereocenters. The molecule has 96 valence electrons. The minimum atomic E-state index is 0.602. The number of benzene rings is 1. The van der Waals surface area contributed by atoms with Gasteiger partial charge in [-0.3, -0.25) is 0 Å². The fourth-order valence-corrected chi connectivity index (χ4v) is 3.20. The molecule has 0 heterocycles. The topological polar surface area (TPSA) is 27.0 Å². The molecule has 1 saturated carbocycles. The van der Waals surface area contributed by atoms with Gasteiger partial charge in [-0.05, 0) is 38.0 Å². The van der Waals surface area contributed by atoms with Gasteiger partial charge >= 0.3 is 0 Å². The summed E-state index contributed by atoms with van der Waals surface area (Å²) in [5, 5.41) is 9.26. The standard InChI is InChI=1S/C15H19BrN2/c1-2-18(14-6-4-3-5-7-14)15-10-13(16)9-8-12(15)11-17/h8-10,14H,2-7H2,1H3. The minimum absolute atomic E-state index is 0.602. The molecular formula is C15H19BrN2. The van der Waals surface area contributed by atoms with E-state index in [1.54, 1.807) is 0 Å². The highest BCUT2D eigenvalue weighted by Gasteiger charge is 2.22. The van der Waals surface area contributed by atoms with E-state index in [1.165, 1.54) is 32.1 Å². The van der Waals surface area contributed by atoms with E-state index in [0.29, 0.717) is 6.04 Å². The number of anilines is 1. The predicted molar refractivity (Wildman–Crippen MR) is 78.8 cm³/mol. The first-order valence-corrected chi connectivity index (χ1v) is 7.52. The van der Waals surface area contributed by atoms with Gasteiger partial charge in [-0.2, -0.15) is 5.26 Å². The number of nitrogens with zero attached hydrogens (tertiary/aromatic N) is 2. The summed E-state index contributed by atoms with van der Waals surface area (Å²) in [4.78, 5) is 2.41. The van der Waals surface area contributed by atoms with Crippen LogP contribution < -0.4 is 4.90 Å². The van der Waals surface area contributed by atoms with Crippen LogP contribution in [0.1, 0.15) is 44.6 Å². The first kappa shape index (κ1) is 13.4. The molecule has 1 aliphatic carbocycles. The van der Waals surface area contributed by atoms with E-state index in [-0.39, 0.29) is 0 Å². The van der Waals surface area contributed by atoms with Crippen LogP contribution in [0.4, 0.5) is 5.69 Å². The Morgan fingerprint density at radius 3 is 2.67 bits per heavy atom. The molecule has 1 aliphatic rings. The molecule has 0 amide bonds. The third-order valence-electron chi connectivity index (χ3n) is 3.75. The van der Waals surface area contributed by atoms with Crippen LogP contribution in [0, 0.1) is 11.3 Å². The van der Waals surface area contributed by atoms with E-state index in [2.05, 4.69) is 39.9 Å². The van der Waals surface area contributed by atoms with Crippen LogP contribution in [-0.2, 0) is 0 Å². The molecule has 0 spiro atoms. The fraction of sp³-hybridized carbons (Fsp3) is 0.533. The van der Waals surface area contributed by atoms with Gasteiger partial charge in [0.1, 0.15) is 6.07 Å². The summed E-state index contributed by atoms with van der Waals surface area (Å²) in [6.07, 6.45) is 6.50. The molecule has 2 rings (SSSR count). The molecule has 0 bridgehead atoms. The number of nitriles is 1. The van der Waals surface area contributed by atoms with Crippen LogP contribution in [0.25, 0.3) is 0 Å². The summed E-state index contributed by atoms with van der Waals surface area (Å²) in [7, 11) is 0. The van der Waals surface area contributed by atoms with Crippen LogP contribution >= 0.6 is 15.9 Å². The third kappa shape index (κ3) is 2.87. The van der Waals surface area contributed by atoms with Gasteiger partial charge in [-0.15, -0.1) is 0 Å². The van der Waals surface area contributed by atoms with Gasteiger partial charge in [0.25, 0.3) is 0 Å². The molecule has 0 aliphatic heterocycles. The van der Waals surface area contributed by atoms with Crippen molar-refractivity contribution in [1.29, 1.82) is 5.26 Å². The Balaban J connectivity index is 2.31. The van der Waals surface area contributed by atoms with Crippen LogP contribution in [-0.4, -0.2) is 12.6 Å². The van der Waals surface area contributed by atoms with Gasteiger partial charge in [0.05, 0.1) is 11.3 Å². The molecule has 1 aromatic carbocycles. The lowest BCUT2D eigenvalue weighted by atomic mass is 9.93. The maximum absolute atomic E-state index is 9.26. The zero-order chi connectivity index (χ0) is 13.0. The largest absolute Gasteiger partial charge is 0.368 e. The molecule has 0 N–H and O–H groups in total. The lowest BCUT2D eigenvalue weighted by molar-refractivity contribution is 0.418. The quantitative estimate of drug-likeness (QED) is 0.823. The van der Waals surface area contributed by atoms with Crippen molar-refractivity contribution in [3.05, 3.63) is 28.2 Å². The van der Waals surface area contributed by atoms with Crippen molar-refractivity contribution in [2.75, 3.05) is 11.4 Å². The summed E-state index contributed by atoms with van der Waals surface area (Å²) in [5.41, 5.74) is 1.87. The molecule has 0 atom stereocenters. The second-order valence-corrected chi connectivity index (χ2v) is 5.77. The molecule has 0 aromatic heterocycles. The zero-order valence-corrected chi connectivity index (χ0v) is 12.4. The van der Waals surface area contributed by atoms with E-state index in [1.807, 2.05) is 12.1 Å². The maximum Gasteiger partial charge on any atom is 0.101 e. The van der Waals surface area contributed by atoms with E-state index in [4.69, 9.17) is 0 Å². The van der Waals surface area contributed by atoms with E-state index in [0.717, 1.165) is 22.3 Å².